The topological polar surface area (TPSA) is 107 Å². The van der Waals surface area contributed by atoms with E-state index < -0.39 is 5.91 Å². The van der Waals surface area contributed by atoms with Gasteiger partial charge in [-0.25, -0.2) is 9.97 Å². The van der Waals surface area contributed by atoms with Crippen molar-refractivity contribution in [2.45, 2.75) is 20.4 Å². The molecule has 0 saturated carbocycles. The monoisotopic (exact) mass is 337 g/mol. The fourth-order valence-electron chi connectivity index (χ4n) is 2.57. The van der Waals surface area contributed by atoms with Crippen LogP contribution in [0, 0.1) is 5.92 Å². The maximum atomic E-state index is 12.0. The highest BCUT2D eigenvalue weighted by atomic mass is 16.1. The Morgan fingerprint density at radius 3 is 2.92 bits per heavy atom. The van der Waals surface area contributed by atoms with E-state index in [1.54, 1.807) is 35.3 Å². The molecule has 0 fully saturated rings. The van der Waals surface area contributed by atoms with Gasteiger partial charge in [0.05, 0.1) is 11.9 Å². The number of hydrogen-bond donors (Lipinski definition) is 2. The quantitative estimate of drug-likeness (QED) is 0.694. The van der Waals surface area contributed by atoms with E-state index in [0.29, 0.717) is 29.3 Å². The molecule has 7 nitrogen and oxygen atoms in total. The van der Waals surface area contributed by atoms with Crippen molar-refractivity contribution in [3.63, 3.8) is 0 Å². The molecule has 3 aromatic rings. The number of amides is 1. The van der Waals surface area contributed by atoms with Crippen LogP contribution in [0.1, 0.15) is 19.4 Å². The number of nitrogens with one attached hydrogen (secondary N) is 1. The lowest BCUT2D eigenvalue weighted by Crippen LogP contribution is -2.21. The first-order valence-electron chi connectivity index (χ1n) is 7.96. The molecular formula is C18H19N5O2. The van der Waals surface area contributed by atoms with Gasteiger partial charge in [0, 0.05) is 42.2 Å². The van der Waals surface area contributed by atoms with Gasteiger partial charge in [0.2, 0.25) is 5.91 Å². The van der Waals surface area contributed by atoms with Crippen molar-refractivity contribution in [2.24, 2.45) is 11.7 Å². The van der Waals surface area contributed by atoms with Crippen LogP contribution in [0.2, 0.25) is 0 Å². The van der Waals surface area contributed by atoms with Crippen LogP contribution < -0.4 is 11.3 Å². The summed E-state index contributed by atoms with van der Waals surface area (Å²) in [6, 6.07) is 3.27. The molecule has 0 aromatic carbocycles. The SMILES string of the molecule is CC(C)Cn1cc(-c2cnc3[nH]cc(C=CC(N)=O)c3n2)ccc1=O. The van der Waals surface area contributed by atoms with Gasteiger partial charge in [-0.3, -0.25) is 9.59 Å². The average molecular weight is 337 g/mol. The van der Waals surface area contributed by atoms with E-state index in [0.717, 1.165) is 11.1 Å². The zero-order chi connectivity index (χ0) is 18.0. The van der Waals surface area contributed by atoms with Gasteiger partial charge in [-0.2, -0.15) is 0 Å². The predicted octanol–water partition coefficient (Wildman–Crippen LogP) is 1.94. The van der Waals surface area contributed by atoms with Crippen molar-refractivity contribution in [1.29, 1.82) is 0 Å². The number of rotatable bonds is 5. The van der Waals surface area contributed by atoms with E-state index in [9.17, 15) is 9.59 Å². The third kappa shape index (κ3) is 3.65. The van der Waals surface area contributed by atoms with Gasteiger partial charge in [-0.05, 0) is 18.1 Å². The van der Waals surface area contributed by atoms with E-state index in [4.69, 9.17) is 5.73 Å². The van der Waals surface area contributed by atoms with Crippen molar-refractivity contribution in [2.75, 3.05) is 0 Å². The van der Waals surface area contributed by atoms with Crippen molar-refractivity contribution in [3.8, 4) is 11.3 Å². The lowest BCUT2D eigenvalue weighted by molar-refractivity contribution is -0.113. The number of nitrogens with zero attached hydrogens (tertiary/aromatic N) is 3. The summed E-state index contributed by atoms with van der Waals surface area (Å²) in [6.45, 7) is 4.75. The van der Waals surface area contributed by atoms with Crippen LogP contribution in [0.5, 0.6) is 0 Å². The summed E-state index contributed by atoms with van der Waals surface area (Å²) in [5.74, 6) is -0.170. The second kappa shape index (κ2) is 6.72. The maximum Gasteiger partial charge on any atom is 0.250 e. The summed E-state index contributed by atoms with van der Waals surface area (Å²) in [6.07, 6.45) is 8.04. The van der Waals surface area contributed by atoms with Gasteiger partial charge in [0.1, 0.15) is 5.52 Å². The lowest BCUT2D eigenvalue weighted by atomic mass is 10.2. The number of H-pyrrole nitrogens is 1. The summed E-state index contributed by atoms with van der Waals surface area (Å²) >= 11 is 0. The second-order valence-electron chi connectivity index (χ2n) is 6.23. The number of aromatic nitrogens is 4. The standard InChI is InChI=1S/C18H19N5O2/c1-11(2)9-23-10-13(4-6-16(23)25)14-8-21-18-17(22-14)12(7-20-18)3-5-15(19)24/h3-8,10-11H,9H2,1-2H3,(H2,19,24)(H,20,21). The first-order chi connectivity index (χ1) is 11.9. The molecule has 0 bridgehead atoms. The molecule has 3 heterocycles. The highest BCUT2D eigenvalue weighted by Gasteiger charge is 2.09. The smallest absolute Gasteiger partial charge is 0.250 e. The minimum Gasteiger partial charge on any atom is -0.366 e. The fourth-order valence-corrected chi connectivity index (χ4v) is 2.57. The van der Waals surface area contributed by atoms with E-state index in [1.807, 2.05) is 0 Å². The van der Waals surface area contributed by atoms with Crippen molar-refractivity contribution >= 4 is 23.1 Å². The molecule has 0 spiro atoms. The van der Waals surface area contributed by atoms with Crippen molar-refractivity contribution in [3.05, 3.63) is 52.7 Å². The first-order valence-corrected chi connectivity index (χ1v) is 7.96. The zero-order valence-corrected chi connectivity index (χ0v) is 14.1. The van der Waals surface area contributed by atoms with Gasteiger partial charge < -0.3 is 15.3 Å². The van der Waals surface area contributed by atoms with Crippen molar-refractivity contribution < 1.29 is 4.79 Å². The highest BCUT2D eigenvalue weighted by molar-refractivity contribution is 5.93. The molecule has 0 aliphatic rings. The predicted molar refractivity (Wildman–Crippen MR) is 96.7 cm³/mol. The maximum absolute atomic E-state index is 12.0. The molecule has 0 atom stereocenters. The number of primary amides is 1. The Hall–Kier alpha value is -3.22. The number of hydrogen-bond acceptors (Lipinski definition) is 4. The molecule has 0 radical (unpaired) electrons. The molecule has 0 aliphatic heterocycles. The third-order valence-corrected chi connectivity index (χ3v) is 3.68. The lowest BCUT2D eigenvalue weighted by Gasteiger charge is -2.10. The van der Waals surface area contributed by atoms with Gasteiger partial charge in [-0.1, -0.05) is 13.8 Å². The molecule has 3 rings (SSSR count). The number of aromatic amines is 1. The molecule has 0 unspecified atom stereocenters. The van der Waals surface area contributed by atoms with Crippen LogP contribution in [0.4, 0.5) is 0 Å². The fraction of sp³-hybridized carbons (Fsp3) is 0.222. The second-order valence-corrected chi connectivity index (χ2v) is 6.23. The average Bonchev–Trinajstić information content (AvgIpc) is 2.97. The van der Waals surface area contributed by atoms with E-state index in [2.05, 4.69) is 28.8 Å². The van der Waals surface area contributed by atoms with Gasteiger partial charge in [0.15, 0.2) is 5.65 Å². The Bertz CT molecular complexity index is 1010. The van der Waals surface area contributed by atoms with Crippen molar-refractivity contribution in [1.82, 2.24) is 19.5 Å². The summed E-state index contributed by atoms with van der Waals surface area (Å²) in [5.41, 5.74) is 8.53. The zero-order valence-electron chi connectivity index (χ0n) is 14.1. The Labute approximate surface area is 144 Å². The molecule has 0 aliphatic carbocycles. The van der Waals surface area contributed by atoms with Crippen LogP contribution >= 0.6 is 0 Å². The first kappa shape index (κ1) is 16.6. The van der Waals surface area contributed by atoms with Gasteiger partial charge in [-0.15, -0.1) is 0 Å². The summed E-state index contributed by atoms with van der Waals surface area (Å²) in [4.78, 5) is 34.9. The molecule has 1 amide bonds. The Kier molecular flexibility index (Phi) is 4.47. The third-order valence-electron chi connectivity index (χ3n) is 3.68. The highest BCUT2D eigenvalue weighted by Crippen LogP contribution is 2.21. The molecule has 128 valence electrons. The van der Waals surface area contributed by atoms with Gasteiger partial charge >= 0.3 is 0 Å². The number of fused-ring (bicyclic) bond motifs is 1. The minimum atomic E-state index is -0.528. The molecule has 0 saturated heterocycles. The number of nitrogens with two attached hydrogens (primary N) is 1. The minimum absolute atomic E-state index is 0.0433. The molecule has 7 heteroatoms. The number of carbonyl (C=O) groups is 1. The van der Waals surface area contributed by atoms with E-state index in [-0.39, 0.29) is 5.56 Å². The van der Waals surface area contributed by atoms with E-state index in [1.165, 1.54) is 12.1 Å². The molecular weight excluding hydrogens is 318 g/mol. The van der Waals surface area contributed by atoms with Crippen LogP contribution in [-0.2, 0) is 11.3 Å². The molecule has 25 heavy (non-hydrogen) atoms. The summed E-state index contributed by atoms with van der Waals surface area (Å²) in [7, 11) is 0. The number of pyridine rings is 1. The van der Waals surface area contributed by atoms with Crippen LogP contribution in [0.15, 0.2) is 41.6 Å². The van der Waals surface area contributed by atoms with Crippen LogP contribution in [-0.4, -0.2) is 25.4 Å². The van der Waals surface area contributed by atoms with Crippen LogP contribution in [0.25, 0.3) is 28.5 Å². The van der Waals surface area contributed by atoms with Crippen LogP contribution in [0.3, 0.4) is 0 Å². The molecule has 3 N–H and O–H groups in total. The number of carbonyl (C=O) groups excluding carboxylic acids is 1. The molecule has 3 aromatic heterocycles. The van der Waals surface area contributed by atoms with Gasteiger partial charge in [0.25, 0.3) is 5.56 Å². The largest absolute Gasteiger partial charge is 0.366 e. The Morgan fingerprint density at radius 2 is 2.20 bits per heavy atom. The Morgan fingerprint density at radius 1 is 1.40 bits per heavy atom. The summed E-state index contributed by atoms with van der Waals surface area (Å²) < 4.78 is 1.68. The Balaban J connectivity index is 2.05. The normalized spacial score (nSPS) is 11.6. The summed E-state index contributed by atoms with van der Waals surface area (Å²) in [5, 5.41) is 0. The van der Waals surface area contributed by atoms with E-state index >= 15 is 0 Å².